The third-order valence-electron chi connectivity index (χ3n) is 13.1. The van der Waals surface area contributed by atoms with Crippen molar-refractivity contribution in [1.29, 1.82) is 0 Å². The van der Waals surface area contributed by atoms with E-state index in [2.05, 4.69) is 68.4 Å². The summed E-state index contributed by atoms with van der Waals surface area (Å²) in [5.41, 5.74) is 14.1. The van der Waals surface area contributed by atoms with Gasteiger partial charge in [0.15, 0.2) is 0 Å². The maximum absolute atomic E-state index is 13.3. The van der Waals surface area contributed by atoms with Crippen LogP contribution in [0.25, 0.3) is 27.8 Å². The van der Waals surface area contributed by atoms with Gasteiger partial charge in [-0.25, -0.2) is 9.59 Å². The number of allylic oxidation sites excluding steroid dienone is 1. The molecule has 4 aliphatic heterocycles. The van der Waals surface area contributed by atoms with Crippen LogP contribution < -0.4 is 0 Å². The summed E-state index contributed by atoms with van der Waals surface area (Å²) in [6, 6.07) is 20.7. The zero-order chi connectivity index (χ0) is 40.0. The molecule has 3 aromatic carbocycles. The van der Waals surface area contributed by atoms with E-state index in [9.17, 15) is 9.59 Å². The van der Waals surface area contributed by atoms with E-state index in [1.165, 1.54) is 58.2 Å². The van der Waals surface area contributed by atoms with Crippen LogP contribution >= 0.6 is 0 Å². The largest absolute Gasteiger partial charge is 0.444 e. The average molecular weight is 767 g/mol. The van der Waals surface area contributed by atoms with Crippen LogP contribution in [0.5, 0.6) is 0 Å². The fourth-order valence-corrected chi connectivity index (χ4v) is 10.6. The van der Waals surface area contributed by atoms with Gasteiger partial charge in [-0.1, -0.05) is 49.4 Å². The third-order valence-corrected chi connectivity index (χ3v) is 13.1. The van der Waals surface area contributed by atoms with Crippen molar-refractivity contribution in [3.8, 4) is 22.3 Å². The second kappa shape index (κ2) is 14.0. The van der Waals surface area contributed by atoms with E-state index in [0.717, 1.165) is 49.2 Å². The topological polar surface area (TPSA) is 83.8 Å². The SMILES string of the molecule is C[C@H]1C[C@@H](C2=NC=C(c3ccc(-c4ccc(-c5ccc6c(c5)CC([C@@H]5CC[C@H](C)N5C(=O)OC(C)(C)C)=N6)c5c4C4CCC5C4)cc3)C2)N(C(=O)OC(C)(C)C)C1. The van der Waals surface area contributed by atoms with Gasteiger partial charge in [0.25, 0.3) is 0 Å². The quantitative estimate of drug-likeness (QED) is 0.259. The molecule has 0 N–H and O–H groups in total. The lowest BCUT2D eigenvalue weighted by molar-refractivity contribution is 0.0203. The number of carbonyl (C=O) groups excluding carboxylic acids is 2. The molecule has 8 heteroatoms. The number of hydrogen-bond donors (Lipinski definition) is 0. The average Bonchev–Trinajstić information content (AvgIpc) is 4.00. The fraction of sp³-hybridized carbons (Fsp3) is 0.510. The van der Waals surface area contributed by atoms with Crippen LogP contribution in [0.1, 0.15) is 134 Å². The second-order valence-corrected chi connectivity index (χ2v) is 19.7. The number of carbonyl (C=O) groups is 2. The molecule has 57 heavy (non-hydrogen) atoms. The molecular formula is C49H58N4O4. The van der Waals surface area contributed by atoms with Crippen molar-refractivity contribution in [2.45, 2.75) is 148 Å². The van der Waals surface area contributed by atoms with E-state index in [4.69, 9.17) is 19.5 Å². The van der Waals surface area contributed by atoms with Gasteiger partial charge in [0.05, 0.1) is 17.8 Å². The summed E-state index contributed by atoms with van der Waals surface area (Å²) in [7, 11) is 0. The first-order chi connectivity index (χ1) is 27.1. The van der Waals surface area contributed by atoms with Crippen molar-refractivity contribution >= 4 is 34.9 Å². The predicted octanol–water partition coefficient (Wildman–Crippen LogP) is 11.6. The number of amides is 2. The minimum absolute atomic E-state index is 0.0229. The summed E-state index contributed by atoms with van der Waals surface area (Å²) in [6.45, 7) is 16.6. The summed E-state index contributed by atoms with van der Waals surface area (Å²) in [6.07, 6.45) is 9.58. The molecule has 2 saturated heterocycles. The lowest BCUT2D eigenvalue weighted by Crippen LogP contribution is -2.46. The second-order valence-electron chi connectivity index (χ2n) is 19.7. The van der Waals surface area contributed by atoms with Crippen molar-refractivity contribution in [3.63, 3.8) is 0 Å². The third kappa shape index (κ3) is 7.12. The van der Waals surface area contributed by atoms with Gasteiger partial charge in [-0.3, -0.25) is 19.8 Å². The Labute approximate surface area is 338 Å². The molecule has 0 aromatic heterocycles. The summed E-state index contributed by atoms with van der Waals surface area (Å²) in [4.78, 5) is 40.2. The number of fused-ring (bicyclic) bond motifs is 6. The van der Waals surface area contributed by atoms with Gasteiger partial charge >= 0.3 is 12.2 Å². The van der Waals surface area contributed by atoms with Gasteiger partial charge in [0, 0.05) is 43.1 Å². The normalized spacial score (nSPS) is 26.4. The number of hydrogen-bond acceptors (Lipinski definition) is 6. The van der Waals surface area contributed by atoms with Gasteiger partial charge in [-0.2, -0.15) is 0 Å². The molecule has 0 spiro atoms. The molecule has 4 heterocycles. The first-order valence-electron chi connectivity index (χ1n) is 21.3. The van der Waals surface area contributed by atoms with Gasteiger partial charge in [-0.05, 0) is 167 Å². The van der Waals surface area contributed by atoms with Gasteiger partial charge in [0.2, 0.25) is 0 Å². The van der Waals surface area contributed by atoms with Crippen LogP contribution in [-0.4, -0.2) is 69.3 Å². The molecular weight excluding hydrogens is 709 g/mol. The van der Waals surface area contributed by atoms with Crippen molar-refractivity contribution in [2.24, 2.45) is 15.9 Å². The molecule has 1 saturated carbocycles. The molecule has 0 radical (unpaired) electrons. The number of nitrogens with zero attached hydrogens (tertiary/aromatic N) is 4. The Morgan fingerprint density at radius 1 is 0.684 bits per heavy atom. The molecule has 298 valence electrons. The Bertz CT molecular complexity index is 2220. The van der Waals surface area contributed by atoms with E-state index in [-0.39, 0.29) is 30.3 Å². The Morgan fingerprint density at radius 2 is 1.32 bits per heavy atom. The summed E-state index contributed by atoms with van der Waals surface area (Å²) in [5, 5.41) is 0. The lowest BCUT2D eigenvalue weighted by atomic mass is 9.81. The number of aliphatic imine (C=N–C) groups is 2. The minimum Gasteiger partial charge on any atom is -0.444 e. The van der Waals surface area contributed by atoms with Crippen LogP contribution in [0.3, 0.4) is 0 Å². The van der Waals surface area contributed by atoms with E-state index in [0.29, 0.717) is 24.3 Å². The molecule has 3 aromatic rings. The molecule has 3 fully saturated rings. The number of benzene rings is 3. The Morgan fingerprint density at radius 3 is 2.00 bits per heavy atom. The molecule has 6 aliphatic rings. The molecule has 2 amide bonds. The fourth-order valence-electron chi connectivity index (χ4n) is 10.6. The molecule has 2 bridgehead atoms. The highest BCUT2D eigenvalue weighted by molar-refractivity contribution is 6.03. The van der Waals surface area contributed by atoms with Gasteiger partial charge in [0.1, 0.15) is 11.2 Å². The summed E-state index contributed by atoms with van der Waals surface area (Å²) < 4.78 is 11.6. The van der Waals surface area contributed by atoms with E-state index >= 15 is 0 Å². The van der Waals surface area contributed by atoms with E-state index in [1.807, 2.05) is 57.5 Å². The molecule has 9 rings (SSSR count). The molecule has 6 atom stereocenters. The first kappa shape index (κ1) is 37.8. The first-order valence-corrected chi connectivity index (χ1v) is 21.3. The molecule has 2 unspecified atom stereocenters. The maximum Gasteiger partial charge on any atom is 0.411 e. The zero-order valence-electron chi connectivity index (χ0n) is 35.0. The highest BCUT2D eigenvalue weighted by atomic mass is 16.6. The van der Waals surface area contributed by atoms with Crippen LogP contribution in [0.4, 0.5) is 15.3 Å². The Kier molecular flexibility index (Phi) is 9.28. The van der Waals surface area contributed by atoms with E-state index < -0.39 is 11.2 Å². The van der Waals surface area contributed by atoms with Crippen LogP contribution in [0.15, 0.2) is 70.8 Å². The Hall–Kier alpha value is -4.72. The highest BCUT2D eigenvalue weighted by Crippen LogP contribution is 2.58. The highest BCUT2D eigenvalue weighted by Gasteiger charge is 2.43. The smallest absolute Gasteiger partial charge is 0.411 e. The van der Waals surface area contributed by atoms with E-state index in [1.54, 1.807) is 11.1 Å². The number of ether oxygens (including phenoxy) is 2. The molecule has 8 nitrogen and oxygen atoms in total. The van der Waals surface area contributed by atoms with Gasteiger partial charge in [-0.15, -0.1) is 0 Å². The number of rotatable bonds is 5. The van der Waals surface area contributed by atoms with Crippen molar-refractivity contribution in [2.75, 3.05) is 6.54 Å². The zero-order valence-corrected chi connectivity index (χ0v) is 35.0. The predicted molar refractivity (Wildman–Crippen MR) is 229 cm³/mol. The lowest BCUT2D eigenvalue weighted by Gasteiger charge is -2.31. The maximum atomic E-state index is 13.3. The Balaban J connectivity index is 0.924. The van der Waals surface area contributed by atoms with Crippen molar-refractivity contribution in [1.82, 2.24) is 9.80 Å². The van der Waals surface area contributed by atoms with Crippen LogP contribution in [0.2, 0.25) is 0 Å². The van der Waals surface area contributed by atoms with Crippen LogP contribution in [0, 0.1) is 5.92 Å². The number of likely N-dealkylation sites (tertiary alicyclic amines) is 2. The standard InChI is InChI=1S/C49H58N4O4/c1-28-21-43(52(27-28)46(54)56-48(3,4)5)40-25-36(26-50-40)30-10-12-31(13-11-30)37-17-18-38(45-34-15-14-33(23-34)44(37)45)32-16-19-39-35(22-32)24-41(51-39)42-20-9-29(2)53(42)47(55)57-49(6,7)8/h10-13,16-19,22,26,28-29,33-34,42-43H,9,14-15,20-21,23-25,27H2,1-8H3/t28-,29-,33?,34?,42-,43-/m0/s1. The van der Waals surface area contributed by atoms with Gasteiger partial charge < -0.3 is 9.47 Å². The van der Waals surface area contributed by atoms with Crippen LogP contribution in [-0.2, 0) is 15.9 Å². The monoisotopic (exact) mass is 766 g/mol. The molecule has 2 aliphatic carbocycles. The van der Waals surface area contributed by atoms with Crippen molar-refractivity contribution < 1.29 is 19.1 Å². The summed E-state index contributed by atoms with van der Waals surface area (Å²) in [5.74, 6) is 1.60. The minimum atomic E-state index is -0.533. The summed E-state index contributed by atoms with van der Waals surface area (Å²) >= 11 is 0. The van der Waals surface area contributed by atoms with Crippen molar-refractivity contribution in [3.05, 3.63) is 83.1 Å².